The van der Waals surface area contributed by atoms with Gasteiger partial charge in [-0.25, -0.2) is 9.59 Å². The topological polar surface area (TPSA) is 121 Å². The fraction of sp³-hybridized carbons (Fsp3) is 0.0435. The molecule has 3 aromatic carbocycles. The summed E-state index contributed by atoms with van der Waals surface area (Å²) in [5, 5.41) is 20.9. The summed E-state index contributed by atoms with van der Waals surface area (Å²) in [6.45, 7) is 0. The van der Waals surface area contributed by atoms with Crippen molar-refractivity contribution < 1.29 is 29.4 Å². The number of nitrogens with one attached hydrogen (secondary N) is 1. The van der Waals surface area contributed by atoms with E-state index in [4.69, 9.17) is 5.11 Å². The molecule has 0 spiro atoms. The first kappa shape index (κ1) is 23.2. The fourth-order valence-electron chi connectivity index (χ4n) is 2.75. The van der Waals surface area contributed by atoms with Crippen molar-refractivity contribution in [3.05, 3.63) is 93.5 Å². The molecule has 162 valence electrons. The van der Waals surface area contributed by atoms with Crippen LogP contribution in [0.2, 0.25) is 0 Å². The van der Waals surface area contributed by atoms with Gasteiger partial charge in [-0.3, -0.25) is 9.59 Å². The standard InChI is InChI=1S/C23H16BrNO6S/c24-15-4-1-13(2-5-15)20(26)12-32-17-8-6-16(7-9-17)25-21(27)18-10-3-14(22(28)29)11-19(18)23(30)31/h1-11H,12H2,(H,25,27)(H,28,29)(H,30,31). The number of anilines is 1. The number of carboxylic acids is 2. The monoisotopic (exact) mass is 513 g/mol. The zero-order valence-corrected chi connectivity index (χ0v) is 18.8. The number of carboxylic acid groups (broad SMARTS) is 2. The van der Waals surface area contributed by atoms with Gasteiger partial charge in [0.25, 0.3) is 5.91 Å². The third-order valence-electron chi connectivity index (χ3n) is 4.39. The van der Waals surface area contributed by atoms with Gasteiger partial charge in [-0.15, -0.1) is 11.8 Å². The summed E-state index contributed by atoms with van der Waals surface area (Å²) in [6, 6.07) is 17.1. The number of rotatable bonds is 8. The van der Waals surface area contributed by atoms with Gasteiger partial charge in [0.2, 0.25) is 0 Å². The lowest BCUT2D eigenvalue weighted by molar-refractivity contribution is 0.0692. The van der Waals surface area contributed by atoms with Gasteiger partial charge in [0.05, 0.1) is 22.4 Å². The van der Waals surface area contributed by atoms with Gasteiger partial charge in [-0.1, -0.05) is 28.1 Å². The van der Waals surface area contributed by atoms with E-state index in [9.17, 15) is 24.3 Å². The maximum atomic E-state index is 12.5. The Balaban J connectivity index is 1.65. The van der Waals surface area contributed by atoms with Crippen LogP contribution >= 0.6 is 27.7 Å². The maximum absolute atomic E-state index is 12.5. The molecule has 0 radical (unpaired) electrons. The zero-order chi connectivity index (χ0) is 23.3. The van der Waals surface area contributed by atoms with E-state index in [2.05, 4.69) is 21.2 Å². The Labute approximate surface area is 195 Å². The highest BCUT2D eigenvalue weighted by molar-refractivity contribution is 9.10. The van der Waals surface area contributed by atoms with Crippen LogP contribution in [-0.4, -0.2) is 39.6 Å². The third kappa shape index (κ3) is 5.83. The number of hydrogen-bond acceptors (Lipinski definition) is 5. The van der Waals surface area contributed by atoms with Crippen LogP contribution in [0.3, 0.4) is 0 Å². The second-order valence-electron chi connectivity index (χ2n) is 6.57. The Bertz CT molecular complexity index is 1190. The normalized spacial score (nSPS) is 10.4. The number of aromatic carboxylic acids is 2. The highest BCUT2D eigenvalue weighted by Gasteiger charge is 2.19. The van der Waals surface area contributed by atoms with Crippen molar-refractivity contribution >= 4 is 57.0 Å². The molecule has 0 aliphatic heterocycles. The van der Waals surface area contributed by atoms with Gasteiger partial charge in [-0.2, -0.15) is 0 Å². The molecular formula is C23H16BrNO6S. The van der Waals surface area contributed by atoms with Gasteiger partial charge in [0.15, 0.2) is 5.78 Å². The molecule has 0 aromatic heterocycles. The van der Waals surface area contributed by atoms with Crippen LogP contribution in [-0.2, 0) is 0 Å². The minimum Gasteiger partial charge on any atom is -0.478 e. The minimum atomic E-state index is -1.40. The molecule has 0 saturated carbocycles. The number of hydrogen-bond donors (Lipinski definition) is 3. The number of Topliss-reactive ketones (excluding diaryl/α,β-unsaturated/α-hetero) is 1. The minimum absolute atomic E-state index is 0.00844. The Kier molecular flexibility index (Phi) is 7.45. The van der Waals surface area contributed by atoms with Crippen LogP contribution in [0.4, 0.5) is 5.69 Å². The number of amides is 1. The summed E-state index contributed by atoms with van der Waals surface area (Å²) in [5.41, 5.74) is 0.269. The predicted molar refractivity (Wildman–Crippen MR) is 124 cm³/mol. The number of thioether (sulfide) groups is 1. The summed E-state index contributed by atoms with van der Waals surface area (Å²) in [5.74, 6) is -3.12. The van der Waals surface area contributed by atoms with Crippen LogP contribution < -0.4 is 5.32 Å². The van der Waals surface area contributed by atoms with E-state index in [1.807, 2.05) is 0 Å². The second-order valence-corrected chi connectivity index (χ2v) is 8.53. The molecule has 32 heavy (non-hydrogen) atoms. The molecule has 0 aliphatic carbocycles. The number of ketones is 1. The second kappa shape index (κ2) is 10.3. The Morgan fingerprint density at radius 3 is 2.00 bits per heavy atom. The van der Waals surface area contributed by atoms with Crippen LogP contribution in [0, 0.1) is 0 Å². The van der Waals surface area contributed by atoms with Crippen LogP contribution in [0.25, 0.3) is 0 Å². The summed E-state index contributed by atoms with van der Waals surface area (Å²) in [7, 11) is 0. The van der Waals surface area contributed by atoms with Crippen molar-refractivity contribution in [3.8, 4) is 0 Å². The zero-order valence-electron chi connectivity index (χ0n) is 16.4. The molecule has 0 saturated heterocycles. The molecule has 3 aromatic rings. The average Bonchev–Trinajstić information content (AvgIpc) is 2.78. The van der Waals surface area contributed by atoms with Gasteiger partial charge < -0.3 is 15.5 Å². The largest absolute Gasteiger partial charge is 0.478 e. The SMILES string of the molecule is O=C(O)c1ccc(C(=O)Nc2ccc(SCC(=O)c3ccc(Br)cc3)cc2)c(C(=O)O)c1. The lowest BCUT2D eigenvalue weighted by Crippen LogP contribution is -2.17. The first-order chi connectivity index (χ1) is 15.2. The molecule has 3 rings (SSSR count). The predicted octanol–water partition coefficient (Wildman–Crippen LogP) is 5.07. The molecule has 1 amide bonds. The van der Waals surface area contributed by atoms with Crippen LogP contribution in [0.15, 0.2) is 76.1 Å². The summed E-state index contributed by atoms with van der Waals surface area (Å²) in [6.07, 6.45) is 0. The number of carbonyl (C=O) groups excluding carboxylic acids is 2. The van der Waals surface area contributed by atoms with Gasteiger partial charge in [0, 0.05) is 20.6 Å². The van der Waals surface area contributed by atoms with Crippen molar-refractivity contribution in [1.29, 1.82) is 0 Å². The molecule has 0 fully saturated rings. The smallest absolute Gasteiger partial charge is 0.336 e. The molecule has 0 atom stereocenters. The maximum Gasteiger partial charge on any atom is 0.336 e. The fourth-order valence-corrected chi connectivity index (χ4v) is 3.81. The highest BCUT2D eigenvalue weighted by atomic mass is 79.9. The highest BCUT2D eigenvalue weighted by Crippen LogP contribution is 2.23. The lowest BCUT2D eigenvalue weighted by atomic mass is 10.0. The molecule has 0 heterocycles. The first-order valence-corrected chi connectivity index (χ1v) is 11.0. The van der Waals surface area contributed by atoms with Crippen LogP contribution in [0.5, 0.6) is 0 Å². The van der Waals surface area contributed by atoms with Crippen molar-refractivity contribution in [2.45, 2.75) is 4.90 Å². The Morgan fingerprint density at radius 2 is 1.41 bits per heavy atom. The van der Waals surface area contributed by atoms with Crippen molar-refractivity contribution in [2.24, 2.45) is 0 Å². The van der Waals surface area contributed by atoms with E-state index >= 15 is 0 Å². The van der Waals surface area contributed by atoms with Crippen molar-refractivity contribution in [1.82, 2.24) is 0 Å². The Hall–Kier alpha value is -3.43. The molecule has 0 bridgehead atoms. The van der Waals surface area contributed by atoms with Gasteiger partial charge >= 0.3 is 11.9 Å². The number of carbonyl (C=O) groups is 4. The molecule has 9 heteroatoms. The number of benzene rings is 3. The molecule has 3 N–H and O–H groups in total. The van der Waals surface area contributed by atoms with E-state index in [1.54, 1.807) is 48.5 Å². The van der Waals surface area contributed by atoms with E-state index < -0.39 is 23.4 Å². The van der Waals surface area contributed by atoms with Crippen molar-refractivity contribution in [2.75, 3.05) is 11.1 Å². The molecule has 0 unspecified atom stereocenters. The van der Waals surface area contributed by atoms with Gasteiger partial charge in [-0.05, 0) is 54.6 Å². The van der Waals surface area contributed by atoms with Crippen molar-refractivity contribution in [3.63, 3.8) is 0 Å². The van der Waals surface area contributed by atoms with Gasteiger partial charge in [0.1, 0.15) is 0 Å². The molecular weight excluding hydrogens is 498 g/mol. The Morgan fingerprint density at radius 1 is 0.781 bits per heavy atom. The van der Waals surface area contributed by atoms with E-state index in [-0.39, 0.29) is 22.7 Å². The van der Waals surface area contributed by atoms with Crippen LogP contribution in [0.1, 0.15) is 41.4 Å². The molecule has 7 nitrogen and oxygen atoms in total. The summed E-state index contributed by atoms with van der Waals surface area (Å²) in [4.78, 5) is 48.1. The van der Waals surface area contributed by atoms with E-state index in [0.717, 1.165) is 15.4 Å². The average molecular weight is 514 g/mol. The quantitative estimate of drug-likeness (QED) is 0.284. The van der Waals surface area contributed by atoms with E-state index in [0.29, 0.717) is 11.3 Å². The lowest BCUT2D eigenvalue weighted by Gasteiger charge is -2.09. The number of halogens is 1. The summed E-state index contributed by atoms with van der Waals surface area (Å²) < 4.78 is 0.896. The summed E-state index contributed by atoms with van der Waals surface area (Å²) >= 11 is 4.68. The first-order valence-electron chi connectivity index (χ1n) is 9.18. The van der Waals surface area contributed by atoms with E-state index in [1.165, 1.54) is 23.9 Å². The molecule has 0 aliphatic rings. The third-order valence-corrected chi connectivity index (χ3v) is 5.93.